The smallest absolute Gasteiger partial charge is 0.274 e. The van der Waals surface area contributed by atoms with Crippen molar-refractivity contribution < 1.29 is 4.79 Å². The lowest BCUT2D eigenvalue weighted by Gasteiger charge is -2.32. The SMILES string of the molecule is O=C(Nc1nc([C@H]2CCCN(c3ccccn3)C2)cs1)c1cccn1Cc1ccncc1. The zero-order valence-corrected chi connectivity index (χ0v) is 18.4. The summed E-state index contributed by atoms with van der Waals surface area (Å²) >= 11 is 1.48. The number of nitrogens with zero attached hydrogens (tertiary/aromatic N) is 5. The fraction of sp³-hybridized carbons (Fsp3) is 0.250. The third-order valence-electron chi connectivity index (χ3n) is 5.72. The molecule has 0 aromatic carbocycles. The maximum Gasteiger partial charge on any atom is 0.274 e. The summed E-state index contributed by atoms with van der Waals surface area (Å²) in [5.41, 5.74) is 2.74. The van der Waals surface area contributed by atoms with Crippen LogP contribution in [0.2, 0.25) is 0 Å². The van der Waals surface area contributed by atoms with Gasteiger partial charge in [-0.3, -0.25) is 15.1 Å². The molecule has 8 heteroatoms. The summed E-state index contributed by atoms with van der Waals surface area (Å²) in [7, 11) is 0. The van der Waals surface area contributed by atoms with Crippen molar-refractivity contribution in [1.82, 2.24) is 19.5 Å². The van der Waals surface area contributed by atoms with Gasteiger partial charge in [0.25, 0.3) is 5.91 Å². The van der Waals surface area contributed by atoms with Crippen LogP contribution in [0.25, 0.3) is 0 Å². The molecule has 7 nitrogen and oxygen atoms in total. The van der Waals surface area contributed by atoms with E-state index in [1.54, 1.807) is 12.4 Å². The van der Waals surface area contributed by atoms with Gasteiger partial charge in [-0.25, -0.2) is 9.97 Å². The average Bonchev–Trinajstić information content (AvgIpc) is 3.50. The molecule has 32 heavy (non-hydrogen) atoms. The van der Waals surface area contributed by atoms with Crippen LogP contribution in [0.3, 0.4) is 0 Å². The molecular weight excluding hydrogens is 420 g/mol. The predicted octanol–water partition coefficient (Wildman–Crippen LogP) is 4.42. The Morgan fingerprint density at radius 1 is 1.12 bits per heavy atom. The molecule has 0 saturated carbocycles. The molecular formula is C24H24N6OS. The fourth-order valence-electron chi connectivity index (χ4n) is 4.10. The highest BCUT2D eigenvalue weighted by Gasteiger charge is 2.24. The fourth-order valence-corrected chi connectivity index (χ4v) is 4.89. The van der Waals surface area contributed by atoms with Crippen LogP contribution in [0.4, 0.5) is 10.9 Å². The van der Waals surface area contributed by atoms with Gasteiger partial charge in [0, 0.05) is 55.7 Å². The number of hydrogen-bond donors (Lipinski definition) is 1. The highest BCUT2D eigenvalue weighted by molar-refractivity contribution is 7.14. The van der Waals surface area contributed by atoms with Crippen molar-refractivity contribution in [3.63, 3.8) is 0 Å². The van der Waals surface area contributed by atoms with E-state index in [1.807, 2.05) is 53.4 Å². The first-order valence-corrected chi connectivity index (χ1v) is 11.6. The van der Waals surface area contributed by atoms with Gasteiger partial charge in [-0.1, -0.05) is 6.07 Å². The number of piperidine rings is 1. The number of amides is 1. The van der Waals surface area contributed by atoms with E-state index in [0.717, 1.165) is 43.0 Å². The van der Waals surface area contributed by atoms with Gasteiger partial charge in [-0.2, -0.15) is 0 Å². The summed E-state index contributed by atoms with van der Waals surface area (Å²) in [4.78, 5) is 28.5. The summed E-state index contributed by atoms with van der Waals surface area (Å²) in [5.74, 6) is 1.20. The molecule has 0 radical (unpaired) electrons. The number of nitrogens with one attached hydrogen (secondary N) is 1. The molecule has 0 unspecified atom stereocenters. The van der Waals surface area contributed by atoms with Crippen molar-refractivity contribution in [3.05, 3.63) is 89.6 Å². The predicted molar refractivity (Wildman–Crippen MR) is 126 cm³/mol. The number of anilines is 2. The number of carbonyl (C=O) groups is 1. The van der Waals surface area contributed by atoms with Gasteiger partial charge in [0.15, 0.2) is 5.13 Å². The van der Waals surface area contributed by atoms with Crippen molar-refractivity contribution in [3.8, 4) is 0 Å². The molecule has 1 saturated heterocycles. The minimum atomic E-state index is -0.149. The van der Waals surface area contributed by atoms with Gasteiger partial charge in [0.1, 0.15) is 11.5 Å². The summed E-state index contributed by atoms with van der Waals surface area (Å²) in [6.07, 6.45) is 9.46. The van der Waals surface area contributed by atoms with Crippen molar-refractivity contribution in [1.29, 1.82) is 0 Å². The van der Waals surface area contributed by atoms with Crippen molar-refractivity contribution in [2.45, 2.75) is 25.3 Å². The molecule has 1 amide bonds. The van der Waals surface area contributed by atoms with Crippen molar-refractivity contribution in [2.75, 3.05) is 23.3 Å². The van der Waals surface area contributed by atoms with E-state index >= 15 is 0 Å². The normalized spacial score (nSPS) is 16.1. The van der Waals surface area contributed by atoms with Crippen LogP contribution < -0.4 is 10.2 Å². The molecule has 1 fully saturated rings. The number of hydrogen-bond acceptors (Lipinski definition) is 6. The monoisotopic (exact) mass is 444 g/mol. The molecule has 162 valence electrons. The maximum atomic E-state index is 12.9. The van der Waals surface area contributed by atoms with Crippen LogP contribution >= 0.6 is 11.3 Å². The Balaban J connectivity index is 1.25. The molecule has 0 aliphatic carbocycles. The topological polar surface area (TPSA) is 75.9 Å². The van der Waals surface area contributed by atoms with Gasteiger partial charge in [0.2, 0.25) is 0 Å². The summed E-state index contributed by atoms with van der Waals surface area (Å²) in [6.45, 7) is 2.52. The lowest BCUT2D eigenvalue weighted by Crippen LogP contribution is -2.35. The minimum Gasteiger partial charge on any atom is -0.356 e. The highest BCUT2D eigenvalue weighted by atomic mass is 32.1. The Kier molecular flexibility index (Phi) is 5.93. The summed E-state index contributed by atoms with van der Waals surface area (Å²) < 4.78 is 1.94. The van der Waals surface area contributed by atoms with Crippen LogP contribution in [0.1, 0.15) is 40.5 Å². The van der Waals surface area contributed by atoms with Gasteiger partial charge < -0.3 is 9.47 Å². The zero-order valence-electron chi connectivity index (χ0n) is 17.6. The lowest BCUT2D eigenvalue weighted by atomic mass is 9.95. The number of rotatable bonds is 6. The van der Waals surface area contributed by atoms with Crippen LogP contribution in [0.5, 0.6) is 0 Å². The largest absolute Gasteiger partial charge is 0.356 e. The van der Waals surface area contributed by atoms with E-state index in [2.05, 4.69) is 31.6 Å². The third-order valence-corrected chi connectivity index (χ3v) is 6.50. The molecule has 1 aliphatic heterocycles. The van der Waals surface area contributed by atoms with E-state index in [1.165, 1.54) is 11.3 Å². The molecule has 5 rings (SSSR count). The lowest BCUT2D eigenvalue weighted by molar-refractivity contribution is 0.101. The molecule has 0 bridgehead atoms. The number of pyridine rings is 2. The van der Waals surface area contributed by atoms with E-state index in [-0.39, 0.29) is 5.91 Å². The van der Waals surface area contributed by atoms with E-state index in [0.29, 0.717) is 23.3 Å². The van der Waals surface area contributed by atoms with Crippen LogP contribution in [-0.4, -0.2) is 38.5 Å². The van der Waals surface area contributed by atoms with Crippen molar-refractivity contribution in [2.24, 2.45) is 0 Å². The van der Waals surface area contributed by atoms with Gasteiger partial charge >= 0.3 is 0 Å². The summed E-state index contributed by atoms with van der Waals surface area (Å²) in [5, 5.41) is 5.69. The average molecular weight is 445 g/mol. The standard InChI is InChI=1S/C24H24N6OS/c31-23(21-6-4-13-29(21)15-18-8-11-25-12-9-18)28-24-27-20(17-32-24)19-5-3-14-30(16-19)22-7-1-2-10-26-22/h1-2,4,6-13,17,19H,3,5,14-16H2,(H,27,28,31)/t19-/m0/s1. The van der Waals surface area contributed by atoms with E-state index in [9.17, 15) is 4.79 Å². The number of thiazole rings is 1. The molecule has 5 heterocycles. The minimum absolute atomic E-state index is 0.149. The van der Waals surface area contributed by atoms with Gasteiger partial charge in [-0.05, 0) is 54.8 Å². The number of carbonyl (C=O) groups excluding carboxylic acids is 1. The molecule has 1 atom stereocenters. The second-order valence-electron chi connectivity index (χ2n) is 7.88. The zero-order chi connectivity index (χ0) is 21.8. The Labute approximate surface area is 190 Å². The Morgan fingerprint density at radius 2 is 2.03 bits per heavy atom. The van der Waals surface area contributed by atoms with Gasteiger partial charge in [-0.15, -0.1) is 11.3 Å². The second kappa shape index (κ2) is 9.32. The Bertz CT molecular complexity index is 1170. The van der Waals surface area contributed by atoms with Crippen LogP contribution in [-0.2, 0) is 6.54 Å². The number of aromatic nitrogens is 4. The maximum absolute atomic E-state index is 12.9. The first kappa shape index (κ1) is 20.4. The first-order valence-electron chi connectivity index (χ1n) is 10.7. The van der Waals surface area contributed by atoms with Gasteiger partial charge in [0.05, 0.1) is 5.69 Å². The van der Waals surface area contributed by atoms with Crippen LogP contribution in [0, 0.1) is 0 Å². The van der Waals surface area contributed by atoms with E-state index in [4.69, 9.17) is 4.98 Å². The molecule has 1 aliphatic rings. The van der Waals surface area contributed by atoms with Crippen molar-refractivity contribution >= 4 is 28.2 Å². The molecule has 4 aromatic rings. The highest BCUT2D eigenvalue weighted by Crippen LogP contribution is 2.31. The molecule has 4 aromatic heterocycles. The Hall–Kier alpha value is -3.52. The van der Waals surface area contributed by atoms with E-state index < -0.39 is 0 Å². The molecule has 1 N–H and O–H groups in total. The first-order chi connectivity index (χ1) is 15.8. The third kappa shape index (κ3) is 4.55. The second-order valence-corrected chi connectivity index (χ2v) is 8.74. The molecule has 0 spiro atoms. The summed E-state index contributed by atoms with van der Waals surface area (Å²) in [6, 6.07) is 13.6. The quantitative estimate of drug-likeness (QED) is 0.476. The van der Waals surface area contributed by atoms with Crippen LogP contribution in [0.15, 0.2) is 72.6 Å². The Morgan fingerprint density at radius 3 is 2.88 bits per heavy atom.